The van der Waals surface area contributed by atoms with Crippen molar-refractivity contribution >= 4 is 17.9 Å². The van der Waals surface area contributed by atoms with E-state index < -0.39 is 6.04 Å². The zero-order valence-electron chi connectivity index (χ0n) is 14.0. The summed E-state index contributed by atoms with van der Waals surface area (Å²) in [6.45, 7) is 3.89. The maximum absolute atomic E-state index is 11.9. The maximum atomic E-state index is 11.9. The van der Waals surface area contributed by atoms with Crippen molar-refractivity contribution in [2.45, 2.75) is 25.9 Å². The molecular weight excluding hydrogens is 296 g/mol. The molecule has 0 fully saturated rings. The van der Waals surface area contributed by atoms with Gasteiger partial charge in [-0.2, -0.15) is 0 Å². The lowest BCUT2D eigenvalue weighted by molar-refractivity contribution is -0.127. The first-order valence-electron chi connectivity index (χ1n) is 7.38. The maximum Gasteiger partial charge on any atom is 0.244 e. The van der Waals surface area contributed by atoms with Crippen molar-refractivity contribution in [2.24, 2.45) is 0 Å². The van der Waals surface area contributed by atoms with Gasteiger partial charge in [0, 0.05) is 19.2 Å². The molecule has 0 saturated heterocycles. The van der Waals surface area contributed by atoms with Crippen molar-refractivity contribution in [3.63, 3.8) is 0 Å². The van der Waals surface area contributed by atoms with Gasteiger partial charge in [0.15, 0.2) is 0 Å². The predicted molar refractivity (Wildman–Crippen MR) is 89.1 cm³/mol. The van der Waals surface area contributed by atoms with Crippen molar-refractivity contribution in [3.8, 4) is 5.75 Å². The summed E-state index contributed by atoms with van der Waals surface area (Å²) in [5, 5.41) is 5.37. The standard InChI is InChI=1S/C17H24N2O4/c1-12(11-22-3)18-17(21)13(2)19-16(20)10-7-14-5-8-15(23-4)9-6-14/h5-10,12-13H,11H2,1-4H3,(H,18,21)(H,19,20). The number of rotatable bonds is 8. The summed E-state index contributed by atoms with van der Waals surface area (Å²) in [6.07, 6.45) is 3.07. The number of nitrogens with one attached hydrogen (secondary N) is 2. The third-order valence-electron chi connectivity index (χ3n) is 3.10. The molecule has 2 N–H and O–H groups in total. The first kappa shape index (κ1) is 18.7. The van der Waals surface area contributed by atoms with Gasteiger partial charge < -0.3 is 20.1 Å². The minimum atomic E-state index is -0.623. The minimum absolute atomic E-state index is 0.110. The van der Waals surface area contributed by atoms with E-state index in [0.29, 0.717) is 6.61 Å². The molecule has 0 spiro atoms. The molecule has 126 valence electrons. The fourth-order valence-electron chi connectivity index (χ4n) is 1.87. The van der Waals surface area contributed by atoms with Crippen LogP contribution >= 0.6 is 0 Å². The summed E-state index contributed by atoms with van der Waals surface area (Å²) in [5.41, 5.74) is 0.867. The molecule has 1 rings (SSSR count). The van der Waals surface area contributed by atoms with E-state index in [1.807, 2.05) is 31.2 Å². The van der Waals surface area contributed by atoms with Gasteiger partial charge in [0.1, 0.15) is 11.8 Å². The van der Waals surface area contributed by atoms with Crippen molar-refractivity contribution < 1.29 is 19.1 Å². The molecule has 2 amide bonds. The molecule has 2 unspecified atom stereocenters. The van der Waals surface area contributed by atoms with Crippen LogP contribution in [0.2, 0.25) is 0 Å². The van der Waals surface area contributed by atoms with Gasteiger partial charge in [0.05, 0.1) is 13.7 Å². The lowest BCUT2D eigenvalue weighted by Gasteiger charge is -2.17. The van der Waals surface area contributed by atoms with Gasteiger partial charge in [-0.05, 0) is 37.6 Å². The summed E-state index contributed by atoms with van der Waals surface area (Å²) in [4.78, 5) is 23.7. The molecule has 0 saturated carbocycles. The number of carbonyl (C=O) groups excluding carboxylic acids is 2. The zero-order valence-corrected chi connectivity index (χ0v) is 14.0. The number of amides is 2. The molecule has 23 heavy (non-hydrogen) atoms. The number of benzene rings is 1. The third kappa shape index (κ3) is 6.97. The lowest BCUT2D eigenvalue weighted by Crippen LogP contribution is -2.48. The number of carbonyl (C=O) groups is 2. The predicted octanol–water partition coefficient (Wildman–Crippen LogP) is 1.36. The van der Waals surface area contributed by atoms with Gasteiger partial charge in [-0.25, -0.2) is 0 Å². The van der Waals surface area contributed by atoms with E-state index in [0.717, 1.165) is 11.3 Å². The van der Waals surface area contributed by atoms with Gasteiger partial charge in [-0.15, -0.1) is 0 Å². The number of hydrogen-bond acceptors (Lipinski definition) is 4. The summed E-state index contributed by atoms with van der Waals surface area (Å²) >= 11 is 0. The van der Waals surface area contributed by atoms with E-state index in [1.165, 1.54) is 6.08 Å². The van der Waals surface area contributed by atoms with Crippen molar-refractivity contribution in [1.82, 2.24) is 10.6 Å². The molecule has 1 aromatic carbocycles. The highest BCUT2D eigenvalue weighted by Gasteiger charge is 2.16. The molecule has 0 aliphatic rings. The molecule has 0 radical (unpaired) electrons. The van der Waals surface area contributed by atoms with Crippen LogP contribution in [0.1, 0.15) is 19.4 Å². The second kappa shape index (κ2) is 9.63. The molecule has 0 aliphatic heterocycles. The molecule has 6 nitrogen and oxygen atoms in total. The highest BCUT2D eigenvalue weighted by Crippen LogP contribution is 2.12. The highest BCUT2D eigenvalue weighted by atomic mass is 16.5. The summed E-state index contributed by atoms with van der Waals surface area (Å²) < 4.78 is 10.0. The second-order valence-electron chi connectivity index (χ2n) is 5.20. The van der Waals surface area contributed by atoms with E-state index in [4.69, 9.17) is 9.47 Å². The highest BCUT2D eigenvalue weighted by molar-refractivity contribution is 5.95. The van der Waals surface area contributed by atoms with Crippen LogP contribution in [0.5, 0.6) is 5.75 Å². The van der Waals surface area contributed by atoms with E-state index >= 15 is 0 Å². The first-order valence-corrected chi connectivity index (χ1v) is 7.38. The quantitative estimate of drug-likeness (QED) is 0.709. The number of methoxy groups -OCH3 is 2. The third-order valence-corrected chi connectivity index (χ3v) is 3.10. The van der Waals surface area contributed by atoms with E-state index in [2.05, 4.69) is 10.6 Å². The average molecular weight is 320 g/mol. The Morgan fingerprint density at radius 2 is 1.78 bits per heavy atom. The average Bonchev–Trinajstić information content (AvgIpc) is 2.53. The van der Waals surface area contributed by atoms with Crippen LogP contribution in [0.15, 0.2) is 30.3 Å². The van der Waals surface area contributed by atoms with Crippen molar-refractivity contribution in [2.75, 3.05) is 20.8 Å². The Kier molecular flexibility index (Phi) is 7.83. The summed E-state index contributed by atoms with van der Waals surface area (Å²) in [5.74, 6) is 0.172. The Bertz CT molecular complexity index is 540. The monoisotopic (exact) mass is 320 g/mol. The van der Waals surface area contributed by atoms with Crippen molar-refractivity contribution in [3.05, 3.63) is 35.9 Å². The summed E-state index contributed by atoms with van der Waals surface area (Å²) in [7, 11) is 3.16. The smallest absolute Gasteiger partial charge is 0.244 e. The van der Waals surface area contributed by atoms with Gasteiger partial charge in [0.2, 0.25) is 11.8 Å². The van der Waals surface area contributed by atoms with Crippen LogP contribution in [0.3, 0.4) is 0 Å². The van der Waals surface area contributed by atoms with Gasteiger partial charge >= 0.3 is 0 Å². The van der Waals surface area contributed by atoms with E-state index in [1.54, 1.807) is 27.2 Å². The fraction of sp³-hybridized carbons (Fsp3) is 0.412. The van der Waals surface area contributed by atoms with Gasteiger partial charge in [0.25, 0.3) is 0 Å². The molecule has 0 heterocycles. The van der Waals surface area contributed by atoms with Crippen LogP contribution < -0.4 is 15.4 Å². The molecular formula is C17H24N2O4. The van der Waals surface area contributed by atoms with Gasteiger partial charge in [-0.3, -0.25) is 9.59 Å². The zero-order chi connectivity index (χ0) is 17.2. The second-order valence-corrected chi connectivity index (χ2v) is 5.20. The topological polar surface area (TPSA) is 76.7 Å². The molecule has 2 atom stereocenters. The largest absolute Gasteiger partial charge is 0.497 e. The van der Waals surface area contributed by atoms with Crippen LogP contribution in [-0.4, -0.2) is 44.7 Å². The Morgan fingerprint density at radius 3 is 2.35 bits per heavy atom. The molecule has 0 bridgehead atoms. The Morgan fingerprint density at radius 1 is 1.13 bits per heavy atom. The van der Waals surface area contributed by atoms with Crippen molar-refractivity contribution in [1.29, 1.82) is 0 Å². The fourth-order valence-corrected chi connectivity index (χ4v) is 1.87. The minimum Gasteiger partial charge on any atom is -0.497 e. The van der Waals surface area contributed by atoms with Crippen LogP contribution in [0, 0.1) is 0 Å². The lowest BCUT2D eigenvalue weighted by atomic mass is 10.2. The number of hydrogen-bond donors (Lipinski definition) is 2. The normalized spacial score (nSPS) is 13.4. The van der Waals surface area contributed by atoms with Crippen LogP contribution in [0.25, 0.3) is 6.08 Å². The van der Waals surface area contributed by atoms with Gasteiger partial charge in [-0.1, -0.05) is 12.1 Å². The molecule has 1 aromatic rings. The first-order chi connectivity index (χ1) is 11.0. The Hall–Kier alpha value is -2.34. The number of ether oxygens (including phenoxy) is 2. The van der Waals surface area contributed by atoms with Crippen LogP contribution in [-0.2, 0) is 14.3 Å². The molecule has 6 heteroatoms. The molecule has 0 aromatic heterocycles. The Balaban J connectivity index is 2.47. The molecule has 0 aliphatic carbocycles. The Labute approximate surface area is 136 Å². The SMILES string of the molecule is COCC(C)NC(=O)C(C)NC(=O)C=Cc1ccc(OC)cc1. The van der Waals surface area contributed by atoms with E-state index in [-0.39, 0.29) is 17.9 Å². The van der Waals surface area contributed by atoms with E-state index in [9.17, 15) is 9.59 Å². The van der Waals surface area contributed by atoms with Crippen LogP contribution in [0.4, 0.5) is 0 Å². The summed E-state index contributed by atoms with van der Waals surface area (Å²) in [6, 6.07) is 6.57.